The summed E-state index contributed by atoms with van der Waals surface area (Å²) >= 11 is 13.6. The first kappa shape index (κ1) is 26.3. The summed E-state index contributed by atoms with van der Waals surface area (Å²) in [7, 11) is 0. The molecule has 0 aliphatic heterocycles. The molecule has 0 aromatic heterocycles. The van der Waals surface area contributed by atoms with Crippen LogP contribution in [0.1, 0.15) is 71.1 Å². The lowest BCUT2D eigenvalue weighted by atomic mass is 10.1. The van der Waals surface area contributed by atoms with Crippen molar-refractivity contribution in [3.05, 3.63) is 0 Å². The molecular weight excluding hydrogens is 439 g/mol. The Hall–Kier alpha value is 0.310. The van der Waals surface area contributed by atoms with Gasteiger partial charge in [-0.05, 0) is 41.7 Å². The molecule has 0 saturated carbocycles. The highest BCUT2D eigenvalue weighted by Gasteiger charge is 2.43. The van der Waals surface area contributed by atoms with Gasteiger partial charge in [-0.25, -0.2) is 0 Å². The van der Waals surface area contributed by atoms with E-state index < -0.39 is 3.41 Å². The number of hydrogen-bond donors (Lipinski definition) is 1. The fourth-order valence-corrected chi connectivity index (χ4v) is 7.09. The van der Waals surface area contributed by atoms with Gasteiger partial charge in [0.05, 0.1) is 0 Å². The van der Waals surface area contributed by atoms with Crippen LogP contribution in [0.25, 0.3) is 0 Å². The highest BCUT2D eigenvalue weighted by Crippen LogP contribution is 2.54. The molecule has 1 atom stereocenters. The first-order chi connectivity index (χ1) is 12.6. The van der Waals surface area contributed by atoms with Gasteiger partial charge in [0, 0.05) is 5.25 Å². The molecule has 26 heavy (non-hydrogen) atoms. The van der Waals surface area contributed by atoms with Gasteiger partial charge < -0.3 is 0 Å². The molecule has 0 aromatic rings. The molecule has 0 bridgehead atoms. The zero-order valence-corrected chi connectivity index (χ0v) is 20.0. The van der Waals surface area contributed by atoms with E-state index in [1.807, 2.05) is 0 Å². The monoisotopic (exact) mass is 463 g/mol. The van der Waals surface area contributed by atoms with E-state index in [9.17, 15) is 15.8 Å². The summed E-state index contributed by atoms with van der Waals surface area (Å²) < 4.78 is -0.388. The molecule has 0 rings (SSSR count). The third kappa shape index (κ3) is 11.9. The van der Waals surface area contributed by atoms with Crippen molar-refractivity contribution in [1.29, 1.82) is 15.8 Å². The van der Waals surface area contributed by atoms with Gasteiger partial charge in [-0.15, -0.1) is 24.4 Å². The van der Waals surface area contributed by atoms with Gasteiger partial charge in [-0.2, -0.15) is 15.8 Å². The van der Waals surface area contributed by atoms with Crippen LogP contribution in [0.15, 0.2) is 0 Å². The van der Waals surface area contributed by atoms with Crippen LogP contribution in [0.4, 0.5) is 0 Å². The average molecular weight is 464 g/mol. The number of thiol groups is 1. The van der Waals surface area contributed by atoms with E-state index >= 15 is 0 Å². The molecule has 0 heterocycles. The van der Waals surface area contributed by atoms with Gasteiger partial charge in [0.2, 0.25) is 0 Å². The van der Waals surface area contributed by atoms with Crippen molar-refractivity contribution in [3.8, 4) is 16.2 Å². The Morgan fingerprint density at radius 3 is 1.69 bits per heavy atom. The number of nitriles is 3. The molecular formula is C17H25N3S6. The number of thioether (sulfide) groups is 4. The van der Waals surface area contributed by atoms with Crippen molar-refractivity contribution in [3.63, 3.8) is 0 Å². The summed E-state index contributed by atoms with van der Waals surface area (Å²) in [6, 6.07) is 0. The quantitative estimate of drug-likeness (QED) is 0.0878. The van der Waals surface area contributed by atoms with Crippen molar-refractivity contribution >= 4 is 75.4 Å². The first-order valence-electron chi connectivity index (χ1n) is 8.67. The Kier molecular flexibility index (Phi) is 17.6. The molecule has 0 aliphatic carbocycles. The molecule has 144 valence electrons. The lowest BCUT2D eigenvalue weighted by Gasteiger charge is -2.31. The molecule has 0 saturated heterocycles. The van der Waals surface area contributed by atoms with Crippen LogP contribution >= 0.6 is 71.9 Å². The zero-order chi connectivity index (χ0) is 19.7. The van der Waals surface area contributed by atoms with E-state index in [0.717, 1.165) is 54.5 Å². The number of unbranched alkanes of at least 4 members (excludes halogenated alkanes) is 8. The second-order valence-corrected chi connectivity index (χ2v) is 12.5. The highest BCUT2D eigenvalue weighted by molar-refractivity contribution is 8.44. The second kappa shape index (κ2) is 17.4. The van der Waals surface area contributed by atoms with E-state index in [2.05, 4.69) is 35.8 Å². The Morgan fingerprint density at radius 1 is 0.885 bits per heavy atom. The standard InChI is InChI=1S/C17H25N3S6/c1-2-3-4-5-6-7-8-9-10-11-15(26-16(21)22)17(23-12-18,24-13-19)25-14-20/h15H,2-11H2,1H3,(H,21,22). The molecule has 0 N–H and O–H groups in total. The summed E-state index contributed by atoms with van der Waals surface area (Å²) in [5.74, 6) is 0. The molecule has 0 aliphatic rings. The van der Waals surface area contributed by atoms with Gasteiger partial charge in [0.1, 0.15) is 19.7 Å². The minimum atomic E-state index is -0.865. The molecule has 0 aromatic carbocycles. The molecule has 0 amide bonds. The van der Waals surface area contributed by atoms with Crippen molar-refractivity contribution in [1.82, 2.24) is 0 Å². The summed E-state index contributed by atoms with van der Waals surface area (Å²) in [6.45, 7) is 2.23. The molecule has 1 unspecified atom stereocenters. The summed E-state index contributed by atoms with van der Waals surface area (Å²) in [6.07, 6.45) is 11.9. The van der Waals surface area contributed by atoms with Gasteiger partial charge in [0.25, 0.3) is 0 Å². The fourth-order valence-electron chi connectivity index (χ4n) is 2.52. The maximum atomic E-state index is 9.17. The maximum Gasteiger partial charge on any atom is 0.160 e. The zero-order valence-electron chi connectivity index (χ0n) is 15.0. The van der Waals surface area contributed by atoms with Crippen molar-refractivity contribution in [2.24, 2.45) is 0 Å². The number of nitrogens with zero attached hydrogens (tertiary/aromatic N) is 3. The van der Waals surface area contributed by atoms with Crippen LogP contribution in [0.3, 0.4) is 0 Å². The number of rotatable bonds is 15. The lowest BCUT2D eigenvalue weighted by Crippen LogP contribution is -2.30. The van der Waals surface area contributed by atoms with Crippen molar-refractivity contribution < 1.29 is 0 Å². The Labute approximate surface area is 186 Å². The highest BCUT2D eigenvalue weighted by atomic mass is 32.3. The van der Waals surface area contributed by atoms with Crippen LogP contribution in [0.5, 0.6) is 0 Å². The van der Waals surface area contributed by atoms with E-state index in [0.29, 0.717) is 3.53 Å². The Morgan fingerprint density at radius 2 is 1.31 bits per heavy atom. The second-order valence-electron chi connectivity index (χ2n) is 5.67. The van der Waals surface area contributed by atoms with Crippen LogP contribution in [0.2, 0.25) is 0 Å². The SMILES string of the molecule is CCCCCCCCCCCC(SC(=S)S)C(SC#N)(SC#N)SC#N. The smallest absolute Gasteiger partial charge is 0.160 e. The fraction of sp³-hybridized carbons (Fsp3) is 0.765. The van der Waals surface area contributed by atoms with Crippen LogP contribution in [-0.4, -0.2) is 12.2 Å². The van der Waals surface area contributed by atoms with Gasteiger partial charge in [-0.1, -0.05) is 76.9 Å². The van der Waals surface area contributed by atoms with Crippen LogP contribution in [-0.2, 0) is 0 Å². The van der Waals surface area contributed by atoms with Gasteiger partial charge >= 0.3 is 0 Å². The van der Waals surface area contributed by atoms with E-state index in [-0.39, 0.29) is 5.25 Å². The van der Waals surface area contributed by atoms with Crippen LogP contribution in [0, 0.1) is 32.0 Å². The Bertz CT molecular complexity index is 479. The predicted molar refractivity (Wildman–Crippen MR) is 127 cm³/mol. The number of hydrogen-bond acceptors (Lipinski definition) is 8. The van der Waals surface area contributed by atoms with Crippen LogP contribution < -0.4 is 0 Å². The molecule has 0 radical (unpaired) electrons. The molecule has 3 nitrogen and oxygen atoms in total. The Balaban J connectivity index is 4.58. The summed E-state index contributed by atoms with van der Waals surface area (Å²) in [5, 5.41) is 33.6. The molecule has 0 fully saturated rings. The third-order valence-electron chi connectivity index (χ3n) is 3.77. The van der Waals surface area contributed by atoms with E-state index in [4.69, 9.17) is 12.2 Å². The first-order valence-corrected chi connectivity index (χ1v) is 12.9. The topological polar surface area (TPSA) is 71.4 Å². The van der Waals surface area contributed by atoms with E-state index in [1.165, 1.54) is 56.7 Å². The minimum absolute atomic E-state index is 0.115. The minimum Gasteiger partial charge on any atom is -0.185 e. The van der Waals surface area contributed by atoms with Crippen molar-refractivity contribution in [2.45, 2.75) is 79.8 Å². The normalized spacial score (nSPS) is 12.0. The summed E-state index contributed by atoms with van der Waals surface area (Å²) in [5.41, 5.74) is 0. The molecule has 9 heteroatoms. The molecule has 0 spiro atoms. The number of thiocyanates is 3. The average Bonchev–Trinajstić information content (AvgIpc) is 2.59. The van der Waals surface area contributed by atoms with Gasteiger partial charge in [-0.3, -0.25) is 0 Å². The maximum absolute atomic E-state index is 9.17. The van der Waals surface area contributed by atoms with Gasteiger partial charge in [0.15, 0.2) is 3.41 Å². The predicted octanol–water partition coefficient (Wildman–Crippen LogP) is 7.52. The summed E-state index contributed by atoms with van der Waals surface area (Å²) in [4.78, 5) is 0. The lowest BCUT2D eigenvalue weighted by molar-refractivity contribution is 0.555. The number of thiocarbonyl (C=S) groups is 1. The van der Waals surface area contributed by atoms with Crippen molar-refractivity contribution in [2.75, 3.05) is 0 Å². The largest absolute Gasteiger partial charge is 0.185 e. The van der Waals surface area contributed by atoms with E-state index in [1.54, 1.807) is 0 Å². The third-order valence-corrected chi connectivity index (χ3v) is 9.38.